The molecule has 0 unspecified atom stereocenters. The number of anilines is 2. The third-order valence-electron chi connectivity index (χ3n) is 5.59. The summed E-state index contributed by atoms with van der Waals surface area (Å²) in [5.74, 6) is 0.848. The predicted molar refractivity (Wildman–Crippen MR) is 134 cm³/mol. The molecule has 0 atom stereocenters. The molecule has 0 bridgehead atoms. The number of aliphatic hydroxyl groups is 1. The number of halogens is 2. The molecule has 0 radical (unpaired) electrons. The number of aliphatic hydroxyl groups excluding tert-OH is 1. The van der Waals surface area contributed by atoms with Crippen molar-refractivity contribution in [2.45, 2.75) is 19.8 Å². The quantitative estimate of drug-likeness (QED) is 0.276. The monoisotopic (exact) mass is 488 g/mol. The Morgan fingerprint density at radius 3 is 2.54 bits per heavy atom. The summed E-state index contributed by atoms with van der Waals surface area (Å²) < 4.78 is 21.2. The molecule has 35 heavy (non-hydrogen) atoms. The van der Waals surface area contributed by atoms with Crippen LogP contribution in [-0.4, -0.2) is 19.6 Å². The molecule has 3 aromatic carbocycles. The van der Waals surface area contributed by atoms with E-state index < -0.39 is 0 Å². The number of hydrogen-bond acceptors (Lipinski definition) is 5. The average molecular weight is 489 g/mol. The first kappa shape index (κ1) is 22.8. The van der Waals surface area contributed by atoms with Crippen LogP contribution in [0.1, 0.15) is 16.7 Å². The van der Waals surface area contributed by atoms with E-state index in [1.165, 1.54) is 18.5 Å². The highest BCUT2D eigenvalue weighted by molar-refractivity contribution is 6.32. The van der Waals surface area contributed by atoms with E-state index in [0.717, 1.165) is 33.4 Å². The molecule has 0 aliphatic rings. The number of aromatic nitrogens is 3. The molecule has 5 aromatic rings. The Bertz CT molecular complexity index is 1470. The van der Waals surface area contributed by atoms with Gasteiger partial charge in [0.05, 0.1) is 17.1 Å². The molecular formula is C27H22ClFN4O2. The Kier molecular flexibility index (Phi) is 6.61. The van der Waals surface area contributed by atoms with Crippen LogP contribution < -0.4 is 10.1 Å². The number of benzene rings is 3. The van der Waals surface area contributed by atoms with Crippen molar-refractivity contribution in [2.75, 3.05) is 5.32 Å². The van der Waals surface area contributed by atoms with Crippen LogP contribution >= 0.6 is 11.6 Å². The van der Waals surface area contributed by atoms with Gasteiger partial charge in [-0.25, -0.2) is 14.4 Å². The molecule has 2 N–H and O–H groups in total. The standard InChI is InChI=1S/C27H22ClFN4O2/c28-23-13-22(8-9-25(23)35-16-20-2-1-3-21(29)12-20)32-27-26-24(30-17-31-27)10-11-33(26)14-18-4-6-19(15-34)7-5-18/h1-13,17,34H,14-16H2,(H,30,31,32). The van der Waals surface area contributed by atoms with E-state index in [0.29, 0.717) is 23.1 Å². The molecule has 0 spiro atoms. The summed E-state index contributed by atoms with van der Waals surface area (Å²) in [7, 11) is 0. The number of ether oxygens (including phenoxy) is 1. The second kappa shape index (κ2) is 10.1. The van der Waals surface area contributed by atoms with E-state index in [1.54, 1.807) is 24.3 Å². The third-order valence-corrected chi connectivity index (χ3v) is 5.88. The van der Waals surface area contributed by atoms with Crippen LogP contribution in [0.15, 0.2) is 85.3 Å². The minimum absolute atomic E-state index is 0.0197. The molecule has 0 saturated carbocycles. The first-order valence-corrected chi connectivity index (χ1v) is 11.4. The van der Waals surface area contributed by atoms with Gasteiger partial charge in [0.1, 0.15) is 30.0 Å². The van der Waals surface area contributed by atoms with E-state index in [-0.39, 0.29) is 19.0 Å². The van der Waals surface area contributed by atoms with Crippen molar-refractivity contribution in [1.82, 2.24) is 14.5 Å². The van der Waals surface area contributed by atoms with Gasteiger partial charge in [-0.2, -0.15) is 0 Å². The third kappa shape index (κ3) is 5.26. The van der Waals surface area contributed by atoms with Crippen LogP contribution in [0.4, 0.5) is 15.9 Å². The molecule has 2 heterocycles. The maximum Gasteiger partial charge on any atom is 0.158 e. The van der Waals surface area contributed by atoms with Gasteiger partial charge in [-0.15, -0.1) is 0 Å². The molecule has 0 saturated heterocycles. The van der Waals surface area contributed by atoms with Crippen molar-refractivity contribution in [1.29, 1.82) is 0 Å². The topological polar surface area (TPSA) is 72.2 Å². The van der Waals surface area contributed by atoms with Crippen LogP contribution in [0.2, 0.25) is 5.02 Å². The van der Waals surface area contributed by atoms with Crippen LogP contribution in [0.3, 0.4) is 0 Å². The van der Waals surface area contributed by atoms with Crippen LogP contribution in [0.25, 0.3) is 11.0 Å². The highest BCUT2D eigenvalue weighted by atomic mass is 35.5. The number of nitrogens with one attached hydrogen (secondary N) is 1. The average Bonchev–Trinajstić information content (AvgIpc) is 3.28. The first-order valence-electron chi connectivity index (χ1n) is 11.0. The zero-order valence-corrected chi connectivity index (χ0v) is 19.4. The highest BCUT2D eigenvalue weighted by Gasteiger charge is 2.12. The fourth-order valence-corrected chi connectivity index (χ4v) is 4.06. The summed E-state index contributed by atoms with van der Waals surface area (Å²) in [6.07, 6.45) is 3.49. The molecule has 176 valence electrons. The Morgan fingerprint density at radius 2 is 1.77 bits per heavy atom. The van der Waals surface area contributed by atoms with Crippen LogP contribution in [0.5, 0.6) is 5.75 Å². The molecular weight excluding hydrogens is 467 g/mol. The zero-order valence-electron chi connectivity index (χ0n) is 18.7. The van der Waals surface area contributed by atoms with Crippen LogP contribution in [-0.2, 0) is 19.8 Å². The van der Waals surface area contributed by atoms with E-state index >= 15 is 0 Å². The molecule has 0 amide bonds. The molecule has 6 nitrogen and oxygen atoms in total. The van der Waals surface area contributed by atoms with Gasteiger partial charge < -0.3 is 19.7 Å². The normalized spacial score (nSPS) is 11.1. The lowest BCUT2D eigenvalue weighted by Gasteiger charge is -2.13. The molecule has 5 rings (SSSR count). The van der Waals surface area contributed by atoms with Gasteiger partial charge in [0.15, 0.2) is 5.82 Å². The minimum Gasteiger partial charge on any atom is -0.487 e. The molecule has 0 aliphatic heterocycles. The van der Waals surface area contributed by atoms with Gasteiger partial charge in [0, 0.05) is 18.4 Å². The fourth-order valence-electron chi connectivity index (χ4n) is 3.82. The summed E-state index contributed by atoms with van der Waals surface area (Å²) in [6.45, 7) is 0.861. The number of hydrogen-bond donors (Lipinski definition) is 2. The Morgan fingerprint density at radius 1 is 0.943 bits per heavy atom. The van der Waals surface area contributed by atoms with Crippen LogP contribution in [0, 0.1) is 5.82 Å². The smallest absolute Gasteiger partial charge is 0.158 e. The lowest BCUT2D eigenvalue weighted by atomic mass is 10.1. The van der Waals surface area contributed by atoms with Crippen molar-refractivity contribution in [3.05, 3.63) is 113 Å². The van der Waals surface area contributed by atoms with Crippen molar-refractivity contribution < 1.29 is 14.2 Å². The van der Waals surface area contributed by atoms with Gasteiger partial charge in [0.2, 0.25) is 0 Å². The maximum atomic E-state index is 13.4. The van der Waals surface area contributed by atoms with Gasteiger partial charge >= 0.3 is 0 Å². The molecule has 8 heteroatoms. The van der Waals surface area contributed by atoms with E-state index in [4.69, 9.17) is 16.3 Å². The second-order valence-electron chi connectivity index (χ2n) is 8.06. The lowest BCUT2D eigenvalue weighted by Crippen LogP contribution is -2.03. The first-order chi connectivity index (χ1) is 17.1. The second-order valence-corrected chi connectivity index (χ2v) is 8.47. The minimum atomic E-state index is -0.306. The van der Waals surface area contributed by atoms with Crippen molar-refractivity contribution in [2.24, 2.45) is 0 Å². The zero-order chi connectivity index (χ0) is 24.2. The summed E-state index contributed by atoms with van der Waals surface area (Å²) in [6, 6.07) is 21.4. The van der Waals surface area contributed by atoms with Gasteiger partial charge in [0.25, 0.3) is 0 Å². The SMILES string of the molecule is OCc1ccc(Cn2ccc3ncnc(Nc4ccc(OCc5cccc(F)c5)c(Cl)c4)c32)cc1. The van der Waals surface area contributed by atoms with E-state index in [1.807, 2.05) is 42.6 Å². The highest BCUT2D eigenvalue weighted by Crippen LogP contribution is 2.31. The van der Waals surface area contributed by atoms with Crippen molar-refractivity contribution in [3.63, 3.8) is 0 Å². The van der Waals surface area contributed by atoms with Crippen molar-refractivity contribution >= 4 is 34.1 Å². The number of rotatable bonds is 8. The largest absolute Gasteiger partial charge is 0.487 e. The molecule has 2 aromatic heterocycles. The predicted octanol–water partition coefficient (Wildman–Crippen LogP) is 6.09. The van der Waals surface area contributed by atoms with E-state index in [9.17, 15) is 9.50 Å². The summed E-state index contributed by atoms with van der Waals surface area (Å²) >= 11 is 6.46. The van der Waals surface area contributed by atoms with E-state index in [2.05, 4.69) is 19.9 Å². The van der Waals surface area contributed by atoms with Gasteiger partial charge in [-0.05, 0) is 53.1 Å². The maximum absolute atomic E-state index is 13.4. The summed E-state index contributed by atoms with van der Waals surface area (Å²) in [5.41, 5.74) is 5.11. The Labute approximate surface area is 206 Å². The Hall–Kier alpha value is -3.94. The molecule has 0 fully saturated rings. The fraction of sp³-hybridized carbons (Fsp3) is 0.111. The lowest BCUT2D eigenvalue weighted by molar-refractivity contribution is 0.282. The van der Waals surface area contributed by atoms with Gasteiger partial charge in [-0.3, -0.25) is 0 Å². The number of fused-ring (bicyclic) bond motifs is 1. The number of nitrogens with zero attached hydrogens (tertiary/aromatic N) is 3. The van der Waals surface area contributed by atoms with Gasteiger partial charge in [-0.1, -0.05) is 48.0 Å². The molecule has 0 aliphatic carbocycles. The summed E-state index contributed by atoms with van der Waals surface area (Å²) in [5, 5.41) is 13.0. The van der Waals surface area contributed by atoms with Crippen molar-refractivity contribution in [3.8, 4) is 5.75 Å². The summed E-state index contributed by atoms with van der Waals surface area (Å²) in [4.78, 5) is 8.84. The Balaban J connectivity index is 1.35.